The fourth-order valence-corrected chi connectivity index (χ4v) is 3.53. The third-order valence-electron chi connectivity index (χ3n) is 4.79. The summed E-state index contributed by atoms with van der Waals surface area (Å²) in [4.78, 5) is 27.4. The van der Waals surface area contributed by atoms with Crippen LogP contribution in [0.5, 0.6) is 0 Å². The Morgan fingerprint density at radius 2 is 1.90 bits per heavy atom. The fourth-order valence-electron chi connectivity index (χ4n) is 3.06. The maximum atomic E-state index is 13.2. The topological polar surface area (TPSA) is 49.4 Å². The molecule has 0 aliphatic carbocycles. The second-order valence-electron chi connectivity index (χ2n) is 7.24. The van der Waals surface area contributed by atoms with Gasteiger partial charge < -0.3 is 10.2 Å². The Kier molecular flexibility index (Phi) is 8.99. The number of hydrogen-bond donors (Lipinski definition) is 1. The van der Waals surface area contributed by atoms with Crippen LogP contribution >= 0.6 is 23.2 Å². The van der Waals surface area contributed by atoms with Gasteiger partial charge >= 0.3 is 0 Å². The highest BCUT2D eigenvalue weighted by Gasteiger charge is 2.26. The van der Waals surface area contributed by atoms with Crippen LogP contribution in [0.4, 0.5) is 0 Å². The molecule has 0 radical (unpaired) electrons. The first-order chi connectivity index (χ1) is 13.8. The molecule has 0 spiro atoms. The Morgan fingerprint density at radius 3 is 2.55 bits per heavy atom. The van der Waals surface area contributed by atoms with Crippen molar-refractivity contribution in [3.63, 3.8) is 0 Å². The van der Waals surface area contributed by atoms with Gasteiger partial charge in [0.1, 0.15) is 6.04 Å². The lowest BCUT2D eigenvalue weighted by molar-refractivity contribution is -0.140. The van der Waals surface area contributed by atoms with E-state index in [1.165, 1.54) is 0 Å². The minimum atomic E-state index is -0.592. The highest BCUT2D eigenvalue weighted by Crippen LogP contribution is 2.23. The summed E-state index contributed by atoms with van der Waals surface area (Å²) in [5.74, 6) is -0.310. The number of unbranched alkanes of at least 4 members (excludes halogenated alkanes) is 1. The molecule has 0 aliphatic heterocycles. The van der Waals surface area contributed by atoms with E-state index in [2.05, 4.69) is 12.2 Å². The van der Waals surface area contributed by atoms with Crippen LogP contribution in [0.25, 0.3) is 0 Å². The Hall–Kier alpha value is -2.04. The number of benzene rings is 2. The molecule has 0 fully saturated rings. The Morgan fingerprint density at radius 1 is 1.14 bits per heavy atom. The molecule has 0 aromatic heterocycles. The molecule has 0 bridgehead atoms. The zero-order valence-electron chi connectivity index (χ0n) is 17.2. The minimum Gasteiger partial charge on any atom is -0.354 e. The van der Waals surface area contributed by atoms with Crippen molar-refractivity contribution in [3.8, 4) is 0 Å². The summed E-state index contributed by atoms with van der Waals surface area (Å²) >= 11 is 12.2. The lowest BCUT2D eigenvalue weighted by Gasteiger charge is -2.29. The highest BCUT2D eigenvalue weighted by atomic mass is 35.5. The summed E-state index contributed by atoms with van der Waals surface area (Å²) in [7, 11) is 0. The van der Waals surface area contributed by atoms with E-state index in [1.54, 1.807) is 30.0 Å². The summed E-state index contributed by atoms with van der Waals surface area (Å²) < 4.78 is 0. The van der Waals surface area contributed by atoms with Crippen LogP contribution in [0.2, 0.25) is 10.0 Å². The first kappa shape index (κ1) is 23.2. The van der Waals surface area contributed by atoms with Crippen molar-refractivity contribution >= 4 is 35.0 Å². The predicted molar refractivity (Wildman–Crippen MR) is 119 cm³/mol. The molecule has 2 rings (SSSR count). The number of halogens is 2. The van der Waals surface area contributed by atoms with Gasteiger partial charge in [0, 0.05) is 23.1 Å². The van der Waals surface area contributed by atoms with Crippen LogP contribution in [0.1, 0.15) is 43.4 Å². The summed E-state index contributed by atoms with van der Waals surface area (Å²) in [5.41, 5.74) is 2.78. The van der Waals surface area contributed by atoms with Gasteiger partial charge in [0.2, 0.25) is 11.8 Å². The Balaban J connectivity index is 2.22. The second kappa shape index (κ2) is 11.2. The van der Waals surface area contributed by atoms with Gasteiger partial charge in [-0.1, -0.05) is 72.4 Å². The maximum Gasteiger partial charge on any atom is 0.242 e. The number of rotatable bonds is 9. The van der Waals surface area contributed by atoms with Crippen LogP contribution in [0, 0.1) is 6.92 Å². The summed E-state index contributed by atoms with van der Waals surface area (Å²) in [6.45, 7) is 6.80. The quantitative estimate of drug-likeness (QED) is 0.552. The molecular weight excluding hydrogens is 407 g/mol. The van der Waals surface area contributed by atoms with E-state index < -0.39 is 6.04 Å². The van der Waals surface area contributed by atoms with Crippen LogP contribution in [-0.4, -0.2) is 29.3 Å². The van der Waals surface area contributed by atoms with Crippen molar-refractivity contribution in [1.29, 1.82) is 0 Å². The van der Waals surface area contributed by atoms with Crippen LogP contribution < -0.4 is 5.32 Å². The normalized spacial score (nSPS) is 11.8. The third-order valence-corrected chi connectivity index (χ3v) is 5.38. The SMILES string of the molecule is CCCCNC(=O)C(C)N(Cc1cccc(C)c1)C(=O)Cc1ccc(Cl)cc1Cl. The zero-order valence-corrected chi connectivity index (χ0v) is 18.7. The molecule has 0 heterocycles. The number of hydrogen-bond acceptors (Lipinski definition) is 2. The fraction of sp³-hybridized carbons (Fsp3) is 0.391. The molecule has 0 saturated heterocycles. The molecule has 156 valence electrons. The van der Waals surface area contributed by atoms with Gasteiger partial charge in [-0.15, -0.1) is 0 Å². The molecule has 2 aromatic rings. The van der Waals surface area contributed by atoms with Crippen molar-refractivity contribution in [2.45, 2.75) is 52.6 Å². The van der Waals surface area contributed by atoms with E-state index >= 15 is 0 Å². The van der Waals surface area contributed by atoms with Crippen molar-refractivity contribution < 1.29 is 9.59 Å². The Bertz CT molecular complexity index is 855. The van der Waals surface area contributed by atoms with E-state index in [0.717, 1.165) is 24.0 Å². The molecule has 2 aromatic carbocycles. The summed E-state index contributed by atoms with van der Waals surface area (Å²) in [5, 5.41) is 3.89. The first-order valence-electron chi connectivity index (χ1n) is 9.88. The van der Waals surface area contributed by atoms with Gasteiger partial charge in [0.25, 0.3) is 0 Å². The lowest BCUT2D eigenvalue weighted by Crippen LogP contribution is -2.48. The number of amides is 2. The molecule has 0 aliphatic rings. The maximum absolute atomic E-state index is 13.2. The summed E-state index contributed by atoms with van der Waals surface area (Å²) in [6, 6.07) is 12.4. The molecular formula is C23H28Cl2N2O2. The molecule has 1 unspecified atom stereocenters. The van der Waals surface area contributed by atoms with Crippen molar-refractivity contribution in [3.05, 3.63) is 69.2 Å². The lowest BCUT2D eigenvalue weighted by atomic mass is 10.1. The molecule has 1 N–H and O–H groups in total. The van der Waals surface area contributed by atoms with Gasteiger partial charge in [-0.2, -0.15) is 0 Å². The number of carbonyl (C=O) groups is 2. The second-order valence-corrected chi connectivity index (χ2v) is 8.09. The largest absolute Gasteiger partial charge is 0.354 e. The average molecular weight is 435 g/mol. The number of aryl methyl sites for hydroxylation is 1. The monoisotopic (exact) mass is 434 g/mol. The highest BCUT2D eigenvalue weighted by molar-refractivity contribution is 6.35. The summed E-state index contributed by atoms with van der Waals surface area (Å²) in [6.07, 6.45) is 2.01. The van der Waals surface area contributed by atoms with Crippen LogP contribution in [0.15, 0.2) is 42.5 Å². The molecule has 4 nitrogen and oxygen atoms in total. The van der Waals surface area contributed by atoms with Gasteiger partial charge in [0.05, 0.1) is 6.42 Å². The minimum absolute atomic E-state index is 0.106. The van der Waals surface area contributed by atoms with E-state index in [0.29, 0.717) is 28.7 Å². The molecule has 2 amide bonds. The van der Waals surface area contributed by atoms with Crippen molar-refractivity contribution in [2.24, 2.45) is 0 Å². The first-order valence-corrected chi connectivity index (χ1v) is 10.6. The Labute approximate surface area is 183 Å². The van der Waals surface area contributed by atoms with Gasteiger partial charge in [-0.25, -0.2) is 0 Å². The van der Waals surface area contributed by atoms with Crippen molar-refractivity contribution in [1.82, 2.24) is 10.2 Å². The van der Waals surface area contributed by atoms with Crippen LogP contribution in [0.3, 0.4) is 0 Å². The van der Waals surface area contributed by atoms with E-state index in [4.69, 9.17) is 23.2 Å². The van der Waals surface area contributed by atoms with E-state index in [-0.39, 0.29) is 18.2 Å². The van der Waals surface area contributed by atoms with E-state index in [1.807, 2.05) is 31.2 Å². The molecule has 29 heavy (non-hydrogen) atoms. The smallest absolute Gasteiger partial charge is 0.242 e. The zero-order chi connectivity index (χ0) is 21.4. The molecule has 0 saturated carbocycles. The van der Waals surface area contributed by atoms with Gasteiger partial charge in [0.15, 0.2) is 0 Å². The van der Waals surface area contributed by atoms with Crippen LogP contribution in [-0.2, 0) is 22.6 Å². The van der Waals surface area contributed by atoms with Gasteiger partial charge in [-0.3, -0.25) is 9.59 Å². The number of carbonyl (C=O) groups excluding carboxylic acids is 2. The van der Waals surface area contributed by atoms with Crippen molar-refractivity contribution in [2.75, 3.05) is 6.54 Å². The molecule has 1 atom stereocenters. The average Bonchev–Trinajstić information content (AvgIpc) is 2.68. The van der Waals surface area contributed by atoms with Gasteiger partial charge in [-0.05, 0) is 43.5 Å². The number of nitrogens with one attached hydrogen (secondary N) is 1. The number of nitrogens with zero attached hydrogens (tertiary/aromatic N) is 1. The van der Waals surface area contributed by atoms with E-state index in [9.17, 15) is 9.59 Å². The predicted octanol–water partition coefficient (Wildman–Crippen LogP) is 5.18. The standard InChI is InChI=1S/C23H28Cl2N2O2/c1-4-5-11-26-23(29)17(3)27(15-18-8-6-7-16(2)12-18)22(28)13-19-9-10-20(24)14-21(19)25/h6-10,12,14,17H,4-5,11,13,15H2,1-3H3,(H,26,29). The molecule has 6 heteroatoms. The third kappa shape index (κ3) is 7.06.